The van der Waals surface area contributed by atoms with Crippen LogP contribution in [-0.2, 0) is 6.54 Å². The van der Waals surface area contributed by atoms with Crippen molar-refractivity contribution in [3.63, 3.8) is 0 Å². The summed E-state index contributed by atoms with van der Waals surface area (Å²) >= 11 is 0. The molecule has 2 rings (SSSR count). The summed E-state index contributed by atoms with van der Waals surface area (Å²) in [6.45, 7) is 0.461. The second-order valence-electron chi connectivity index (χ2n) is 4.99. The van der Waals surface area contributed by atoms with Crippen LogP contribution in [-0.4, -0.2) is 24.9 Å². The standard InChI is InChI=1S/C16H18FN3O/c1-20(2)16(21)12-6-7-15(14(18)9-12)19-10-11-4-3-5-13(17)8-11/h3-9,19H,10,18H2,1-2H3. The lowest BCUT2D eigenvalue weighted by Gasteiger charge is -2.13. The van der Waals surface area contributed by atoms with Crippen LogP contribution in [0.25, 0.3) is 0 Å². The average Bonchev–Trinajstić information content (AvgIpc) is 2.45. The maximum atomic E-state index is 13.1. The van der Waals surface area contributed by atoms with Gasteiger partial charge in [-0.05, 0) is 35.9 Å². The van der Waals surface area contributed by atoms with Crippen LogP contribution in [0.4, 0.5) is 15.8 Å². The van der Waals surface area contributed by atoms with Crippen LogP contribution in [0.2, 0.25) is 0 Å². The predicted octanol–water partition coefficient (Wildman–Crippen LogP) is 2.72. The third kappa shape index (κ3) is 3.72. The Hall–Kier alpha value is -2.56. The lowest BCUT2D eigenvalue weighted by molar-refractivity contribution is 0.0827. The highest BCUT2D eigenvalue weighted by molar-refractivity contribution is 5.95. The van der Waals surface area contributed by atoms with E-state index in [2.05, 4.69) is 5.32 Å². The molecule has 110 valence electrons. The number of nitrogens with zero attached hydrogens (tertiary/aromatic N) is 1. The SMILES string of the molecule is CN(C)C(=O)c1ccc(NCc2cccc(F)c2)c(N)c1. The van der Waals surface area contributed by atoms with Gasteiger partial charge in [0.2, 0.25) is 0 Å². The van der Waals surface area contributed by atoms with Gasteiger partial charge >= 0.3 is 0 Å². The minimum absolute atomic E-state index is 0.0987. The highest BCUT2D eigenvalue weighted by atomic mass is 19.1. The predicted molar refractivity (Wildman–Crippen MR) is 82.6 cm³/mol. The molecule has 0 fully saturated rings. The molecule has 0 aliphatic heterocycles. The van der Waals surface area contributed by atoms with Crippen molar-refractivity contribution in [3.05, 3.63) is 59.4 Å². The van der Waals surface area contributed by atoms with Crippen molar-refractivity contribution in [1.82, 2.24) is 4.90 Å². The van der Waals surface area contributed by atoms with Gasteiger partial charge in [-0.3, -0.25) is 4.79 Å². The van der Waals surface area contributed by atoms with E-state index < -0.39 is 0 Å². The van der Waals surface area contributed by atoms with E-state index in [0.717, 1.165) is 11.3 Å². The summed E-state index contributed by atoms with van der Waals surface area (Å²) in [5, 5.41) is 3.14. The average molecular weight is 287 g/mol. The fraction of sp³-hybridized carbons (Fsp3) is 0.188. The van der Waals surface area contributed by atoms with Crippen LogP contribution >= 0.6 is 0 Å². The number of nitrogens with two attached hydrogens (primary N) is 1. The Labute approximate surface area is 123 Å². The minimum atomic E-state index is -0.269. The highest BCUT2D eigenvalue weighted by Crippen LogP contribution is 2.21. The van der Waals surface area contributed by atoms with Crippen molar-refractivity contribution in [3.8, 4) is 0 Å². The molecule has 0 atom stereocenters. The zero-order chi connectivity index (χ0) is 15.4. The number of hydrogen-bond acceptors (Lipinski definition) is 3. The van der Waals surface area contributed by atoms with Gasteiger partial charge in [0, 0.05) is 26.2 Å². The molecule has 0 heterocycles. The maximum Gasteiger partial charge on any atom is 0.253 e. The monoisotopic (exact) mass is 287 g/mol. The van der Waals surface area contributed by atoms with Crippen molar-refractivity contribution in [2.45, 2.75) is 6.54 Å². The van der Waals surface area contributed by atoms with Crippen LogP contribution in [0, 0.1) is 5.82 Å². The summed E-state index contributed by atoms with van der Waals surface area (Å²) in [4.78, 5) is 13.3. The van der Waals surface area contributed by atoms with E-state index in [-0.39, 0.29) is 11.7 Å². The molecular weight excluding hydrogens is 269 g/mol. The van der Waals surface area contributed by atoms with Gasteiger partial charge in [-0.15, -0.1) is 0 Å². The molecule has 21 heavy (non-hydrogen) atoms. The van der Waals surface area contributed by atoms with Crippen LogP contribution < -0.4 is 11.1 Å². The second-order valence-corrected chi connectivity index (χ2v) is 4.99. The fourth-order valence-electron chi connectivity index (χ4n) is 1.96. The number of halogens is 1. The van der Waals surface area contributed by atoms with E-state index in [1.807, 2.05) is 6.07 Å². The first-order valence-corrected chi connectivity index (χ1v) is 6.57. The van der Waals surface area contributed by atoms with Crippen molar-refractivity contribution < 1.29 is 9.18 Å². The Kier molecular flexibility index (Phi) is 4.42. The van der Waals surface area contributed by atoms with Gasteiger partial charge in [0.1, 0.15) is 5.82 Å². The van der Waals surface area contributed by atoms with Crippen LogP contribution in [0.15, 0.2) is 42.5 Å². The van der Waals surface area contributed by atoms with Gasteiger partial charge in [0.15, 0.2) is 0 Å². The molecule has 1 amide bonds. The normalized spacial score (nSPS) is 10.2. The Morgan fingerprint density at radius 2 is 2.00 bits per heavy atom. The first kappa shape index (κ1) is 14.8. The Morgan fingerprint density at radius 1 is 1.24 bits per heavy atom. The molecule has 0 saturated carbocycles. The van der Waals surface area contributed by atoms with Gasteiger partial charge < -0.3 is 16.0 Å². The molecule has 0 saturated heterocycles. The summed E-state index contributed by atoms with van der Waals surface area (Å²) in [7, 11) is 3.38. The number of nitrogens with one attached hydrogen (secondary N) is 1. The molecule has 2 aromatic rings. The zero-order valence-electron chi connectivity index (χ0n) is 12.1. The summed E-state index contributed by atoms with van der Waals surface area (Å²) in [5.74, 6) is -0.368. The summed E-state index contributed by atoms with van der Waals surface area (Å²) in [5.41, 5.74) is 8.51. The molecule has 0 aromatic heterocycles. The van der Waals surface area contributed by atoms with Gasteiger partial charge in [-0.25, -0.2) is 4.39 Å². The molecule has 4 nitrogen and oxygen atoms in total. The van der Waals surface area contributed by atoms with Crippen LogP contribution in [0.3, 0.4) is 0 Å². The third-order valence-corrected chi connectivity index (χ3v) is 3.08. The summed E-state index contributed by atoms with van der Waals surface area (Å²) < 4.78 is 13.1. The molecule has 5 heteroatoms. The number of hydrogen-bond donors (Lipinski definition) is 2. The lowest BCUT2D eigenvalue weighted by Crippen LogP contribution is -2.21. The van der Waals surface area contributed by atoms with Crippen molar-refractivity contribution in [2.24, 2.45) is 0 Å². The number of benzene rings is 2. The van der Waals surface area contributed by atoms with E-state index in [1.54, 1.807) is 38.4 Å². The zero-order valence-corrected chi connectivity index (χ0v) is 12.1. The van der Waals surface area contributed by atoms with Crippen molar-refractivity contribution >= 4 is 17.3 Å². The molecule has 3 N–H and O–H groups in total. The fourth-order valence-corrected chi connectivity index (χ4v) is 1.96. The van der Waals surface area contributed by atoms with Crippen molar-refractivity contribution in [1.29, 1.82) is 0 Å². The lowest BCUT2D eigenvalue weighted by atomic mass is 10.1. The quantitative estimate of drug-likeness (QED) is 0.850. The van der Waals surface area contributed by atoms with E-state index in [0.29, 0.717) is 17.8 Å². The molecule has 0 aliphatic carbocycles. The molecule has 0 radical (unpaired) electrons. The first-order valence-electron chi connectivity index (χ1n) is 6.57. The molecule has 0 unspecified atom stereocenters. The molecule has 0 spiro atoms. The summed E-state index contributed by atoms with van der Waals surface area (Å²) in [6.07, 6.45) is 0. The van der Waals surface area contributed by atoms with Gasteiger partial charge in [-0.1, -0.05) is 12.1 Å². The Morgan fingerprint density at radius 3 is 2.62 bits per heavy atom. The number of anilines is 2. The minimum Gasteiger partial charge on any atom is -0.397 e. The number of rotatable bonds is 4. The largest absolute Gasteiger partial charge is 0.397 e. The number of carbonyl (C=O) groups is 1. The number of carbonyl (C=O) groups excluding carboxylic acids is 1. The van der Waals surface area contributed by atoms with Gasteiger partial charge in [0.05, 0.1) is 11.4 Å². The second kappa shape index (κ2) is 6.26. The molecule has 2 aromatic carbocycles. The molecule has 0 bridgehead atoms. The third-order valence-electron chi connectivity index (χ3n) is 3.08. The molecule has 0 aliphatic rings. The topological polar surface area (TPSA) is 58.4 Å². The highest BCUT2D eigenvalue weighted by Gasteiger charge is 2.09. The Bertz CT molecular complexity index is 656. The number of nitrogen functional groups attached to an aromatic ring is 1. The van der Waals surface area contributed by atoms with E-state index in [1.165, 1.54) is 17.0 Å². The first-order chi connectivity index (χ1) is 9.97. The van der Waals surface area contributed by atoms with E-state index in [9.17, 15) is 9.18 Å². The molecular formula is C16H18FN3O. The van der Waals surface area contributed by atoms with E-state index >= 15 is 0 Å². The van der Waals surface area contributed by atoms with Gasteiger partial charge in [-0.2, -0.15) is 0 Å². The summed E-state index contributed by atoms with van der Waals surface area (Å²) in [6, 6.07) is 11.5. The van der Waals surface area contributed by atoms with Crippen LogP contribution in [0.1, 0.15) is 15.9 Å². The van der Waals surface area contributed by atoms with Crippen LogP contribution in [0.5, 0.6) is 0 Å². The van der Waals surface area contributed by atoms with Crippen molar-refractivity contribution in [2.75, 3.05) is 25.1 Å². The number of amides is 1. The maximum absolute atomic E-state index is 13.1. The van der Waals surface area contributed by atoms with E-state index in [4.69, 9.17) is 5.73 Å². The van der Waals surface area contributed by atoms with Gasteiger partial charge in [0.25, 0.3) is 5.91 Å². The smallest absolute Gasteiger partial charge is 0.253 e. The Balaban J connectivity index is 2.09.